The van der Waals surface area contributed by atoms with E-state index >= 15 is 0 Å². The summed E-state index contributed by atoms with van der Waals surface area (Å²) in [5.74, 6) is 0. The number of hydrogen-bond acceptors (Lipinski definition) is 1. The lowest BCUT2D eigenvalue weighted by Crippen LogP contribution is -2.08. The zero-order valence-electron chi connectivity index (χ0n) is 11.8. The smallest absolute Gasteiger partial charge is 0.00265 e. The Kier molecular flexibility index (Phi) is 4.47. The van der Waals surface area contributed by atoms with Crippen molar-refractivity contribution in [3.05, 3.63) is 91.0 Å². The van der Waals surface area contributed by atoms with Gasteiger partial charge in [-0.1, -0.05) is 65.3 Å². The van der Waals surface area contributed by atoms with E-state index in [0.717, 1.165) is 14.7 Å². The minimum Gasteiger partial charge on any atom is -0.111 e. The highest BCUT2D eigenvalue weighted by atomic mass is 35.8. The summed E-state index contributed by atoms with van der Waals surface area (Å²) in [4.78, 5) is 3.19. The number of rotatable bonds is 4. The Morgan fingerprint density at radius 2 is 0.818 bits per heavy atom. The van der Waals surface area contributed by atoms with Crippen molar-refractivity contribution < 1.29 is 0 Å². The summed E-state index contributed by atoms with van der Waals surface area (Å²) in [5, 5.41) is 0. The van der Waals surface area contributed by atoms with Crippen LogP contribution in [0.1, 0.15) is 0 Å². The summed E-state index contributed by atoms with van der Waals surface area (Å²) in [6.07, 6.45) is 0. The van der Waals surface area contributed by atoms with Crippen LogP contribution in [0.5, 0.6) is 0 Å². The maximum absolute atomic E-state index is 7.52. The zero-order chi connectivity index (χ0) is 15.5. The third-order valence-electron chi connectivity index (χ3n) is 3.78. The van der Waals surface area contributed by atoms with Gasteiger partial charge in [0.1, 0.15) is 0 Å². The van der Waals surface area contributed by atoms with Crippen molar-refractivity contribution in [2.45, 2.75) is 14.7 Å². The van der Waals surface area contributed by atoms with E-state index in [0.29, 0.717) is 0 Å². The van der Waals surface area contributed by atoms with Gasteiger partial charge in [0, 0.05) is 24.7 Å². The average molecular weight is 367 g/mol. The van der Waals surface area contributed by atoms with E-state index in [9.17, 15) is 0 Å². The fourth-order valence-electron chi connectivity index (χ4n) is 2.65. The molecule has 3 aromatic rings. The molecule has 3 aromatic carbocycles. The molecule has 0 N–H and O–H groups in total. The highest BCUT2D eigenvalue weighted by Gasteiger charge is 2.45. The molecule has 0 amide bonds. The SMILES string of the molecule is ClS[SH](Cl)(c1ccccc1)(c1ccccc1)c1ccccc1. The first kappa shape index (κ1) is 15.8. The molecule has 0 saturated heterocycles. The van der Waals surface area contributed by atoms with Crippen molar-refractivity contribution in [2.75, 3.05) is 0 Å². The summed E-state index contributed by atoms with van der Waals surface area (Å²) < 4.78 is 0. The van der Waals surface area contributed by atoms with Crippen molar-refractivity contribution in [2.24, 2.45) is 0 Å². The molecule has 0 unspecified atom stereocenters. The first-order valence-corrected chi connectivity index (χ1v) is 12.3. The largest absolute Gasteiger partial charge is 0.111 e. The van der Waals surface area contributed by atoms with Crippen LogP contribution in [0.3, 0.4) is 0 Å². The van der Waals surface area contributed by atoms with E-state index in [1.165, 1.54) is 10.0 Å². The Bertz CT molecular complexity index is 646. The summed E-state index contributed by atoms with van der Waals surface area (Å²) in [6, 6.07) is 30.5. The zero-order valence-corrected chi connectivity index (χ0v) is 15.0. The molecule has 0 saturated carbocycles. The van der Waals surface area contributed by atoms with Gasteiger partial charge in [0.05, 0.1) is 0 Å². The Hall–Kier alpha value is -1.06. The average Bonchev–Trinajstić information content (AvgIpc) is 2.63. The molecule has 0 nitrogen and oxygen atoms in total. The second-order valence-electron chi connectivity index (χ2n) is 5.01. The lowest BCUT2D eigenvalue weighted by atomic mass is 10.4. The standard InChI is InChI=1S/C18H16Cl2S2/c19-21-22(20,16-10-4-1-5-11-16,17-12-6-2-7-13-17)18-14-8-3-9-15-18/h1-15,22H. The molecule has 0 radical (unpaired) electrons. The van der Waals surface area contributed by atoms with E-state index in [1.807, 2.05) is 54.6 Å². The van der Waals surface area contributed by atoms with E-state index in [2.05, 4.69) is 36.4 Å². The molecule has 0 heterocycles. The monoisotopic (exact) mass is 366 g/mol. The maximum atomic E-state index is 7.52. The Balaban J connectivity index is 2.41. The molecule has 0 spiro atoms. The van der Waals surface area contributed by atoms with Crippen molar-refractivity contribution in [3.63, 3.8) is 0 Å². The van der Waals surface area contributed by atoms with Crippen LogP contribution in [0.15, 0.2) is 106 Å². The van der Waals surface area contributed by atoms with Crippen LogP contribution in [0.4, 0.5) is 0 Å². The highest BCUT2D eigenvalue weighted by Crippen LogP contribution is 2.97. The molecule has 0 aliphatic rings. The van der Waals surface area contributed by atoms with Crippen molar-refractivity contribution in [3.8, 4) is 0 Å². The summed E-state index contributed by atoms with van der Waals surface area (Å²) >= 11 is 0. The summed E-state index contributed by atoms with van der Waals surface area (Å²) in [6.45, 7) is 0. The fraction of sp³-hybridized carbons (Fsp3) is 0. The molecule has 0 bridgehead atoms. The fourth-order valence-corrected chi connectivity index (χ4v) is 10.9. The van der Waals surface area contributed by atoms with Gasteiger partial charge in [0.25, 0.3) is 0 Å². The van der Waals surface area contributed by atoms with Crippen LogP contribution in [0.2, 0.25) is 0 Å². The minimum absolute atomic E-state index is 1.06. The molecule has 4 heteroatoms. The molecule has 0 atom stereocenters. The molecule has 0 aliphatic heterocycles. The second kappa shape index (κ2) is 6.21. The van der Waals surface area contributed by atoms with Crippen LogP contribution in [-0.2, 0) is 0 Å². The molecule has 0 aliphatic carbocycles. The lowest BCUT2D eigenvalue weighted by Gasteiger charge is -2.54. The third-order valence-corrected chi connectivity index (χ3v) is 15.9. The van der Waals surface area contributed by atoms with E-state index in [1.54, 1.807) is 0 Å². The van der Waals surface area contributed by atoms with Gasteiger partial charge in [-0.15, -0.1) is 7.41 Å². The van der Waals surface area contributed by atoms with E-state index in [4.69, 9.17) is 21.4 Å². The Morgan fingerprint density at radius 1 is 0.545 bits per heavy atom. The molecule has 22 heavy (non-hydrogen) atoms. The van der Waals surface area contributed by atoms with Crippen molar-refractivity contribution >= 4 is 38.8 Å². The Morgan fingerprint density at radius 3 is 1.05 bits per heavy atom. The van der Waals surface area contributed by atoms with Gasteiger partial charge in [-0.2, -0.15) is 0 Å². The summed E-state index contributed by atoms with van der Waals surface area (Å²) in [7, 11) is 12.0. The van der Waals surface area contributed by atoms with Crippen molar-refractivity contribution in [1.29, 1.82) is 0 Å². The van der Waals surface area contributed by atoms with Gasteiger partial charge in [0.15, 0.2) is 0 Å². The molecule has 0 fully saturated rings. The van der Waals surface area contributed by atoms with Crippen LogP contribution >= 0.6 is 38.8 Å². The molecule has 114 valence electrons. The quantitative estimate of drug-likeness (QED) is 0.376. The van der Waals surface area contributed by atoms with Gasteiger partial charge >= 0.3 is 0 Å². The molecular formula is C18H16Cl2S2. The Labute approximate surface area is 144 Å². The van der Waals surface area contributed by atoms with Crippen LogP contribution in [0.25, 0.3) is 0 Å². The number of benzene rings is 3. The van der Waals surface area contributed by atoms with Gasteiger partial charge in [-0.25, -0.2) is 0 Å². The topological polar surface area (TPSA) is 0 Å². The predicted molar refractivity (Wildman–Crippen MR) is 102 cm³/mol. The number of thiol groups is 1. The van der Waals surface area contributed by atoms with Gasteiger partial charge < -0.3 is 0 Å². The second-order valence-corrected chi connectivity index (χ2v) is 15.0. The van der Waals surface area contributed by atoms with Gasteiger partial charge in [0.2, 0.25) is 0 Å². The maximum Gasteiger partial charge on any atom is 0.00265 e. The first-order valence-electron chi connectivity index (χ1n) is 6.91. The van der Waals surface area contributed by atoms with Crippen molar-refractivity contribution in [1.82, 2.24) is 0 Å². The predicted octanol–water partition coefficient (Wildman–Crippen LogP) is 7.19. The summed E-state index contributed by atoms with van der Waals surface area (Å²) in [5.41, 5.74) is 0. The molecular weight excluding hydrogens is 351 g/mol. The lowest BCUT2D eigenvalue weighted by molar-refractivity contribution is 1.31. The van der Waals surface area contributed by atoms with Gasteiger partial charge in [-0.3, -0.25) is 0 Å². The van der Waals surface area contributed by atoms with Crippen LogP contribution in [-0.4, -0.2) is 0 Å². The molecule has 3 rings (SSSR count). The van der Waals surface area contributed by atoms with Gasteiger partial charge in [-0.05, 0) is 47.1 Å². The third kappa shape index (κ3) is 2.35. The number of halogens is 2. The van der Waals surface area contributed by atoms with E-state index < -0.39 is 7.41 Å². The van der Waals surface area contributed by atoms with E-state index in [-0.39, 0.29) is 0 Å². The number of hydrogen-bond donors (Lipinski definition) is 1. The molecule has 0 aromatic heterocycles. The first-order chi connectivity index (χ1) is 10.7. The normalized spacial score (nSPS) is 13.3. The van der Waals surface area contributed by atoms with Crippen LogP contribution < -0.4 is 0 Å². The van der Waals surface area contributed by atoms with Crippen LogP contribution in [0, 0.1) is 0 Å². The minimum atomic E-state index is -3.25. The highest BCUT2D eigenvalue weighted by molar-refractivity contribution is 9.16.